The average molecular weight is 472 g/mol. The second-order valence-electron chi connectivity index (χ2n) is 7.65. The van der Waals surface area contributed by atoms with E-state index in [1.165, 1.54) is 33.5 Å². The first-order valence-electron chi connectivity index (χ1n) is 10.5. The van der Waals surface area contributed by atoms with Crippen molar-refractivity contribution in [2.45, 2.75) is 4.90 Å². The van der Waals surface area contributed by atoms with Gasteiger partial charge in [-0.3, -0.25) is 4.79 Å². The lowest BCUT2D eigenvalue weighted by Gasteiger charge is -2.33. The van der Waals surface area contributed by atoms with Crippen molar-refractivity contribution in [3.63, 3.8) is 0 Å². The molecular weight excluding hydrogens is 451 g/mol. The van der Waals surface area contributed by atoms with Gasteiger partial charge in [0.05, 0.1) is 10.5 Å². The Morgan fingerprint density at radius 3 is 2.36 bits per heavy atom. The molecule has 10 heteroatoms. The van der Waals surface area contributed by atoms with Crippen molar-refractivity contribution in [2.75, 3.05) is 39.4 Å². The fourth-order valence-electron chi connectivity index (χ4n) is 3.88. The van der Waals surface area contributed by atoms with E-state index in [4.69, 9.17) is 13.9 Å². The summed E-state index contributed by atoms with van der Waals surface area (Å²) in [5, 5.41) is 0. The minimum Gasteiger partial charge on any atom is -0.486 e. The minimum atomic E-state index is -3.75. The van der Waals surface area contributed by atoms with Crippen molar-refractivity contribution < 1.29 is 31.5 Å². The Kier molecular flexibility index (Phi) is 5.55. The SMILES string of the molecule is O=C(c1ccc(-c2ccccc2F)o1)N1CCN(S(=O)(=O)c2ccc3c(c2)OCCO3)CC1. The smallest absolute Gasteiger partial charge is 0.289 e. The Labute approximate surface area is 190 Å². The number of amides is 1. The van der Waals surface area contributed by atoms with Gasteiger partial charge in [-0.25, -0.2) is 12.8 Å². The highest BCUT2D eigenvalue weighted by Gasteiger charge is 2.32. The Balaban J connectivity index is 1.26. The Hall–Kier alpha value is -3.37. The van der Waals surface area contributed by atoms with Crippen LogP contribution in [0.1, 0.15) is 10.6 Å². The van der Waals surface area contributed by atoms with E-state index in [2.05, 4.69) is 0 Å². The van der Waals surface area contributed by atoms with Crippen molar-refractivity contribution in [1.82, 2.24) is 9.21 Å². The number of halogens is 1. The summed E-state index contributed by atoms with van der Waals surface area (Å²) in [6.45, 7) is 1.48. The summed E-state index contributed by atoms with van der Waals surface area (Å²) >= 11 is 0. The highest BCUT2D eigenvalue weighted by molar-refractivity contribution is 7.89. The Morgan fingerprint density at radius 1 is 0.879 bits per heavy atom. The molecule has 0 unspecified atom stereocenters. The van der Waals surface area contributed by atoms with Crippen LogP contribution in [0.4, 0.5) is 4.39 Å². The van der Waals surface area contributed by atoms with Crippen LogP contribution in [0.15, 0.2) is 63.9 Å². The van der Waals surface area contributed by atoms with E-state index in [1.54, 1.807) is 30.3 Å². The molecule has 5 rings (SSSR count). The number of carbonyl (C=O) groups excluding carboxylic acids is 1. The van der Waals surface area contributed by atoms with Gasteiger partial charge in [-0.1, -0.05) is 12.1 Å². The van der Waals surface area contributed by atoms with Gasteiger partial charge < -0.3 is 18.8 Å². The first-order chi connectivity index (χ1) is 15.9. The molecule has 0 saturated carbocycles. The van der Waals surface area contributed by atoms with Crippen molar-refractivity contribution in [3.8, 4) is 22.8 Å². The summed E-state index contributed by atoms with van der Waals surface area (Å²) < 4.78 is 58.0. The first-order valence-corrected chi connectivity index (χ1v) is 11.9. The molecule has 1 aromatic heterocycles. The van der Waals surface area contributed by atoms with Crippen LogP contribution in [-0.2, 0) is 10.0 Å². The lowest BCUT2D eigenvalue weighted by Crippen LogP contribution is -2.50. The molecule has 0 N–H and O–H groups in total. The number of hydrogen-bond donors (Lipinski definition) is 0. The molecule has 0 radical (unpaired) electrons. The van der Waals surface area contributed by atoms with Crippen molar-refractivity contribution in [1.29, 1.82) is 0 Å². The number of fused-ring (bicyclic) bond motifs is 1. The summed E-state index contributed by atoms with van der Waals surface area (Å²) in [7, 11) is -3.75. The first kappa shape index (κ1) is 21.5. The molecule has 0 atom stereocenters. The van der Waals surface area contributed by atoms with E-state index >= 15 is 0 Å². The lowest BCUT2D eigenvalue weighted by molar-refractivity contribution is 0.0667. The lowest BCUT2D eigenvalue weighted by atomic mass is 10.1. The average Bonchev–Trinajstić information content (AvgIpc) is 3.33. The molecule has 8 nitrogen and oxygen atoms in total. The number of carbonyl (C=O) groups is 1. The van der Waals surface area contributed by atoms with E-state index in [9.17, 15) is 17.6 Å². The van der Waals surface area contributed by atoms with Crippen molar-refractivity contribution >= 4 is 15.9 Å². The third kappa shape index (κ3) is 4.07. The third-order valence-electron chi connectivity index (χ3n) is 5.63. The number of sulfonamides is 1. The summed E-state index contributed by atoms with van der Waals surface area (Å²) in [5.41, 5.74) is 0.270. The zero-order chi connectivity index (χ0) is 23.0. The summed E-state index contributed by atoms with van der Waals surface area (Å²) in [6.07, 6.45) is 0. The van der Waals surface area contributed by atoms with Gasteiger partial charge in [0.15, 0.2) is 17.3 Å². The largest absolute Gasteiger partial charge is 0.486 e. The predicted octanol–water partition coefficient (Wildman–Crippen LogP) is 3.00. The standard InChI is InChI=1S/C23H21FN2O6S/c24-18-4-2-1-3-17(18)19-7-8-21(32-19)23(27)25-9-11-26(12-10-25)33(28,29)16-5-6-20-22(15-16)31-14-13-30-20/h1-8,15H,9-14H2. The normalized spacial score (nSPS) is 16.6. The third-order valence-corrected chi connectivity index (χ3v) is 7.53. The number of rotatable bonds is 4. The van der Waals surface area contributed by atoms with Crippen molar-refractivity contribution in [3.05, 3.63) is 66.2 Å². The van der Waals surface area contributed by atoms with Gasteiger partial charge in [0.25, 0.3) is 5.91 Å². The quantitative estimate of drug-likeness (QED) is 0.580. The number of piperazine rings is 1. The summed E-state index contributed by atoms with van der Waals surface area (Å²) in [6, 6.07) is 13.8. The summed E-state index contributed by atoms with van der Waals surface area (Å²) in [4.78, 5) is 14.5. The maximum atomic E-state index is 14.0. The van der Waals surface area contributed by atoms with Crippen LogP contribution in [0.25, 0.3) is 11.3 Å². The maximum absolute atomic E-state index is 14.0. The van der Waals surface area contributed by atoms with Gasteiger partial charge in [-0.05, 0) is 36.4 Å². The molecule has 0 aliphatic carbocycles. The summed E-state index contributed by atoms with van der Waals surface area (Å²) in [5.74, 6) is 0.453. The second-order valence-corrected chi connectivity index (χ2v) is 9.58. The van der Waals surface area contributed by atoms with E-state index in [-0.39, 0.29) is 54.1 Å². The molecule has 3 aromatic rings. The topological polar surface area (TPSA) is 89.3 Å². The fourth-order valence-corrected chi connectivity index (χ4v) is 5.32. The van der Waals surface area contributed by atoms with Crippen molar-refractivity contribution in [2.24, 2.45) is 0 Å². The van der Waals surface area contributed by atoms with E-state index in [0.717, 1.165) is 0 Å². The van der Waals surface area contributed by atoms with Gasteiger partial charge in [0.1, 0.15) is 24.8 Å². The molecule has 3 heterocycles. The molecule has 2 aromatic carbocycles. The van der Waals surface area contributed by atoms with Gasteiger partial charge in [0, 0.05) is 32.2 Å². The number of benzene rings is 2. The zero-order valence-electron chi connectivity index (χ0n) is 17.6. The van der Waals surface area contributed by atoms with Crippen LogP contribution in [0.3, 0.4) is 0 Å². The second kappa shape index (κ2) is 8.53. The van der Waals surface area contributed by atoms with Crippen LogP contribution < -0.4 is 9.47 Å². The molecule has 2 aliphatic rings. The van der Waals surface area contributed by atoms with E-state index in [1.807, 2.05) is 0 Å². The van der Waals surface area contributed by atoms with Gasteiger partial charge in [-0.2, -0.15) is 4.31 Å². The number of ether oxygens (including phenoxy) is 2. The molecule has 1 fully saturated rings. The van der Waals surface area contributed by atoms with Crippen LogP contribution in [0.2, 0.25) is 0 Å². The number of hydrogen-bond acceptors (Lipinski definition) is 6. The van der Waals surface area contributed by atoms with Crippen LogP contribution >= 0.6 is 0 Å². The molecule has 0 bridgehead atoms. The molecule has 1 amide bonds. The van der Waals surface area contributed by atoms with Crippen LogP contribution in [-0.4, -0.2) is 62.9 Å². The fraction of sp³-hybridized carbons (Fsp3) is 0.261. The highest BCUT2D eigenvalue weighted by atomic mass is 32.2. The minimum absolute atomic E-state index is 0.0800. The molecular formula is C23H21FN2O6S. The van der Waals surface area contributed by atoms with Gasteiger partial charge in [-0.15, -0.1) is 0 Å². The molecule has 2 aliphatic heterocycles. The number of nitrogens with zero attached hydrogens (tertiary/aromatic N) is 2. The highest BCUT2D eigenvalue weighted by Crippen LogP contribution is 2.33. The molecule has 33 heavy (non-hydrogen) atoms. The Morgan fingerprint density at radius 2 is 1.61 bits per heavy atom. The maximum Gasteiger partial charge on any atom is 0.289 e. The van der Waals surface area contributed by atoms with Gasteiger partial charge >= 0.3 is 0 Å². The van der Waals surface area contributed by atoms with Crippen LogP contribution in [0, 0.1) is 5.82 Å². The molecule has 1 saturated heterocycles. The Bertz CT molecular complexity index is 1300. The molecule has 0 spiro atoms. The van der Waals surface area contributed by atoms with Crippen LogP contribution in [0.5, 0.6) is 11.5 Å². The van der Waals surface area contributed by atoms with Gasteiger partial charge in [0.2, 0.25) is 10.0 Å². The molecule has 172 valence electrons. The van der Waals surface area contributed by atoms with E-state index in [0.29, 0.717) is 24.7 Å². The zero-order valence-corrected chi connectivity index (χ0v) is 18.4. The van der Waals surface area contributed by atoms with E-state index < -0.39 is 15.8 Å². The number of furan rings is 1. The monoisotopic (exact) mass is 472 g/mol. The predicted molar refractivity (Wildman–Crippen MR) is 116 cm³/mol.